The lowest BCUT2D eigenvalue weighted by atomic mass is 10.0. The fourth-order valence-corrected chi connectivity index (χ4v) is 5.45. The summed E-state index contributed by atoms with van der Waals surface area (Å²) in [5.74, 6) is 0.584. The average molecular weight is 546 g/mol. The first-order valence-corrected chi connectivity index (χ1v) is 13.9. The molecule has 6 rings (SSSR count). The fraction of sp³-hybridized carbons (Fsp3) is 0.448. The zero-order valence-electron chi connectivity index (χ0n) is 23.2. The second kappa shape index (κ2) is 11.3. The number of hydrogen-bond acceptors (Lipinski definition) is 7. The van der Waals surface area contributed by atoms with Gasteiger partial charge in [-0.25, -0.2) is 9.36 Å². The van der Waals surface area contributed by atoms with Gasteiger partial charge >= 0.3 is 0 Å². The molecule has 210 valence electrons. The van der Waals surface area contributed by atoms with Crippen LogP contribution in [0.4, 0.5) is 0 Å². The van der Waals surface area contributed by atoms with Crippen LogP contribution in [-0.4, -0.2) is 61.6 Å². The second-order valence-corrected chi connectivity index (χ2v) is 10.2. The third-order valence-electron chi connectivity index (χ3n) is 7.42. The van der Waals surface area contributed by atoms with E-state index in [4.69, 9.17) is 19.3 Å². The standard InChI is InChI=1S/C29H35N7O4/c1-4-30-27(37)17-35-26-18-38-13-14-40-29-23(16-31-34(29)3)20-8-11-25-22(15-20)24(10-9-21(26)19(2)32-35)33-36(25)28-7-5-6-12-39-28/h8-11,15-16,28H,4-7,12-14,17-18H2,1-3H3,(H,30,37). The minimum atomic E-state index is -0.0994. The van der Waals surface area contributed by atoms with E-state index in [0.29, 0.717) is 25.6 Å². The number of fused-ring (bicyclic) bond motifs is 4. The van der Waals surface area contributed by atoms with Crippen molar-refractivity contribution in [3.8, 4) is 17.0 Å². The van der Waals surface area contributed by atoms with Crippen LogP contribution in [0.1, 0.15) is 55.1 Å². The monoisotopic (exact) mass is 545 g/mol. The van der Waals surface area contributed by atoms with Crippen molar-refractivity contribution in [2.45, 2.75) is 52.5 Å². The quantitative estimate of drug-likeness (QED) is 0.415. The summed E-state index contributed by atoms with van der Waals surface area (Å²) in [6.45, 7) is 6.27. The van der Waals surface area contributed by atoms with Crippen LogP contribution in [0.15, 0.2) is 24.4 Å². The highest BCUT2D eigenvalue weighted by Crippen LogP contribution is 2.35. The summed E-state index contributed by atoms with van der Waals surface area (Å²) < 4.78 is 23.8. The summed E-state index contributed by atoms with van der Waals surface area (Å²) >= 11 is 0. The number of aromatic nitrogens is 6. The van der Waals surface area contributed by atoms with Crippen molar-refractivity contribution < 1.29 is 19.0 Å². The number of amides is 1. The van der Waals surface area contributed by atoms with Gasteiger partial charge in [0.05, 0.1) is 47.6 Å². The first-order chi connectivity index (χ1) is 19.5. The molecule has 1 amide bonds. The molecule has 1 atom stereocenters. The Morgan fingerprint density at radius 2 is 2.05 bits per heavy atom. The van der Waals surface area contributed by atoms with E-state index in [2.05, 4.69) is 33.7 Å². The Balaban J connectivity index is 1.48. The molecule has 3 aromatic heterocycles. The second-order valence-electron chi connectivity index (χ2n) is 10.2. The molecule has 0 aliphatic carbocycles. The number of aryl methyl sites for hydroxylation is 2. The summed E-state index contributed by atoms with van der Waals surface area (Å²) in [6.07, 6.45) is 8.89. The molecule has 1 aromatic carbocycles. The number of hydrogen-bond donors (Lipinski definition) is 1. The summed E-state index contributed by atoms with van der Waals surface area (Å²) in [5, 5.41) is 18.0. The maximum absolute atomic E-state index is 12.4. The van der Waals surface area contributed by atoms with Gasteiger partial charge in [0, 0.05) is 31.1 Å². The Kier molecular flexibility index (Phi) is 7.40. The van der Waals surface area contributed by atoms with Gasteiger partial charge in [-0.05, 0) is 63.0 Å². The van der Waals surface area contributed by atoms with Crippen LogP contribution in [0, 0.1) is 6.92 Å². The van der Waals surface area contributed by atoms with Crippen LogP contribution >= 0.6 is 0 Å². The number of carbonyl (C=O) groups excluding carboxylic acids is 1. The van der Waals surface area contributed by atoms with Gasteiger partial charge in [-0.15, -0.1) is 0 Å². The van der Waals surface area contributed by atoms with E-state index in [1.807, 2.05) is 43.9 Å². The molecule has 0 spiro atoms. The average Bonchev–Trinajstić information content (AvgIpc) is 3.60. The van der Waals surface area contributed by atoms with Crippen molar-refractivity contribution in [1.82, 2.24) is 34.7 Å². The number of likely N-dealkylation sites (N-methyl/N-ethyl adjacent to an activating group) is 1. The van der Waals surface area contributed by atoms with Crippen LogP contribution in [0.2, 0.25) is 0 Å². The van der Waals surface area contributed by atoms with Crippen LogP contribution in [0.25, 0.3) is 34.2 Å². The van der Waals surface area contributed by atoms with Gasteiger partial charge in [0.25, 0.3) is 0 Å². The Morgan fingerprint density at radius 1 is 1.15 bits per heavy atom. The SMILES string of the molecule is CCNC(=O)Cn1nc(C)c2c1COCCOc1c(cnn1C)-c1ccc3c(c1)c(nn3C1CCCCO1)C=C2. The molecule has 2 bridgehead atoms. The highest BCUT2D eigenvalue weighted by atomic mass is 16.5. The minimum absolute atomic E-state index is 0.0931. The molecule has 2 aliphatic heterocycles. The number of nitrogens with zero attached hydrogens (tertiary/aromatic N) is 6. The van der Waals surface area contributed by atoms with Crippen molar-refractivity contribution in [2.24, 2.45) is 7.05 Å². The number of nitrogens with one attached hydrogen (secondary N) is 1. The molecule has 0 saturated carbocycles. The molecule has 5 heterocycles. The van der Waals surface area contributed by atoms with Gasteiger partial charge in [0.2, 0.25) is 11.8 Å². The zero-order chi connectivity index (χ0) is 27.6. The Labute approximate surface area is 232 Å². The normalized spacial score (nSPS) is 17.6. The van der Waals surface area contributed by atoms with Crippen molar-refractivity contribution in [3.63, 3.8) is 0 Å². The van der Waals surface area contributed by atoms with E-state index < -0.39 is 0 Å². The molecule has 0 radical (unpaired) electrons. The molecular weight excluding hydrogens is 510 g/mol. The molecule has 1 fully saturated rings. The lowest BCUT2D eigenvalue weighted by Gasteiger charge is -2.23. The molecule has 2 aliphatic rings. The number of carbonyl (C=O) groups is 1. The topological polar surface area (TPSA) is 110 Å². The van der Waals surface area contributed by atoms with Gasteiger partial charge in [-0.1, -0.05) is 6.07 Å². The number of benzene rings is 1. The lowest BCUT2D eigenvalue weighted by Crippen LogP contribution is -2.28. The van der Waals surface area contributed by atoms with E-state index in [1.54, 1.807) is 9.36 Å². The third kappa shape index (κ3) is 5.02. The van der Waals surface area contributed by atoms with Crippen molar-refractivity contribution in [2.75, 3.05) is 26.4 Å². The first-order valence-electron chi connectivity index (χ1n) is 13.9. The van der Waals surface area contributed by atoms with Gasteiger partial charge in [0.1, 0.15) is 13.2 Å². The van der Waals surface area contributed by atoms with E-state index in [0.717, 1.165) is 70.5 Å². The lowest BCUT2D eigenvalue weighted by molar-refractivity contribution is -0.121. The maximum atomic E-state index is 12.4. The first kappa shape index (κ1) is 26.3. The van der Waals surface area contributed by atoms with Gasteiger partial charge in [-0.3, -0.25) is 9.48 Å². The predicted octanol–water partition coefficient (Wildman–Crippen LogP) is 3.86. The van der Waals surface area contributed by atoms with Crippen molar-refractivity contribution >= 4 is 29.0 Å². The molecule has 40 heavy (non-hydrogen) atoms. The molecular formula is C29H35N7O4. The highest BCUT2D eigenvalue weighted by Gasteiger charge is 2.23. The van der Waals surface area contributed by atoms with E-state index in [9.17, 15) is 4.79 Å². The maximum Gasteiger partial charge on any atom is 0.241 e. The molecule has 11 heteroatoms. The van der Waals surface area contributed by atoms with Gasteiger partial charge < -0.3 is 19.5 Å². The van der Waals surface area contributed by atoms with Crippen molar-refractivity contribution in [3.05, 3.63) is 47.0 Å². The third-order valence-corrected chi connectivity index (χ3v) is 7.42. The molecule has 1 unspecified atom stereocenters. The van der Waals surface area contributed by atoms with Crippen LogP contribution < -0.4 is 10.1 Å². The Morgan fingerprint density at radius 3 is 2.88 bits per heavy atom. The summed E-state index contributed by atoms with van der Waals surface area (Å²) in [6, 6.07) is 6.34. The number of ether oxygens (including phenoxy) is 3. The summed E-state index contributed by atoms with van der Waals surface area (Å²) in [5.41, 5.74) is 6.31. The van der Waals surface area contributed by atoms with E-state index in [-0.39, 0.29) is 25.3 Å². The molecule has 1 N–H and O–H groups in total. The van der Waals surface area contributed by atoms with Crippen LogP contribution in [0.3, 0.4) is 0 Å². The van der Waals surface area contributed by atoms with Gasteiger partial charge in [0.15, 0.2) is 6.23 Å². The largest absolute Gasteiger partial charge is 0.475 e. The summed E-state index contributed by atoms with van der Waals surface area (Å²) in [4.78, 5) is 12.4. The molecule has 4 aromatic rings. The summed E-state index contributed by atoms with van der Waals surface area (Å²) in [7, 11) is 1.87. The Hall–Kier alpha value is -3.96. The van der Waals surface area contributed by atoms with Crippen LogP contribution in [0.5, 0.6) is 5.88 Å². The smallest absolute Gasteiger partial charge is 0.241 e. The Bertz CT molecular complexity index is 1560. The highest BCUT2D eigenvalue weighted by molar-refractivity contribution is 5.93. The molecule has 11 nitrogen and oxygen atoms in total. The van der Waals surface area contributed by atoms with E-state index >= 15 is 0 Å². The van der Waals surface area contributed by atoms with Crippen LogP contribution in [-0.2, 0) is 34.5 Å². The van der Waals surface area contributed by atoms with Crippen molar-refractivity contribution in [1.29, 1.82) is 0 Å². The van der Waals surface area contributed by atoms with E-state index in [1.165, 1.54) is 0 Å². The predicted molar refractivity (Wildman–Crippen MR) is 151 cm³/mol. The number of rotatable bonds is 4. The zero-order valence-corrected chi connectivity index (χ0v) is 23.2. The molecule has 1 saturated heterocycles. The minimum Gasteiger partial charge on any atom is -0.475 e. The van der Waals surface area contributed by atoms with Gasteiger partial charge in [-0.2, -0.15) is 15.3 Å². The fourth-order valence-electron chi connectivity index (χ4n) is 5.45.